The van der Waals surface area contributed by atoms with Crippen molar-refractivity contribution in [3.8, 4) is 0 Å². The minimum atomic E-state index is -3.76. The number of primary sulfonamides is 1. The molecule has 2 aromatic carbocycles. The van der Waals surface area contributed by atoms with Crippen LogP contribution in [0, 0.1) is 0 Å². The number of carbonyl (C=O) groups excluding carboxylic acids is 1. The van der Waals surface area contributed by atoms with E-state index in [4.69, 9.17) is 21.5 Å². The second kappa shape index (κ2) is 8.59. The summed E-state index contributed by atoms with van der Waals surface area (Å²) in [6.07, 6.45) is -0.129. The summed E-state index contributed by atoms with van der Waals surface area (Å²) in [7, 11) is -3.76. The van der Waals surface area contributed by atoms with E-state index in [0.29, 0.717) is 30.4 Å². The molecule has 1 aliphatic heterocycles. The average Bonchev–Trinajstić information content (AvgIpc) is 2.68. The number of morpholine rings is 1. The number of nitrogens with two attached hydrogens (primary N) is 1. The predicted octanol–water partition coefficient (Wildman–Crippen LogP) is 2.39. The molecule has 1 saturated heterocycles. The van der Waals surface area contributed by atoms with Gasteiger partial charge in [-0.05, 0) is 48.9 Å². The third-order valence-electron chi connectivity index (χ3n) is 4.72. The number of amides is 1. The van der Waals surface area contributed by atoms with Crippen LogP contribution in [0.5, 0.6) is 0 Å². The summed E-state index contributed by atoms with van der Waals surface area (Å²) < 4.78 is 28.5. The molecule has 3 rings (SSSR count). The number of anilines is 1. The van der Waals surface area contributed by atoms with Crippen LogP contribution in [0.4, 0.5) is 5.69 Å². The smallest absolute Gasteiger partial charge is 0.241 e. The number of nitrogens with one attached hydrogen (secondary N) is 1. The molecular formula is C19H22ClN3O4S. The van der Waals surface area contributed by atoms with Crippen molar-refractivity contribution in [2.24, 2.45) is 5.14 Å². The first-order valence-electron chi connectivity index (χ1n) is 8.79. The van der Waals surface area contributed by atoms with Gasteiger partial charge in [0.1, 0.15) is 0 Å². The van der Waals surface area contributed by atoms with Crippen molar-refractivity contribution >= 4 is 33.2 Å². The molecule has 1 heterocycles. The van der Waals surface area contributed by atoms with Gasteiger partial charge in [0.25, 0.3) is 0 Å². The van der Waals surface area contributed by atoms with Gasteiger partial charge in [0.2, 0.25) is 15.9 Å². The predicted molar refractivity (Wildman–Crippen MR) is 108 cm³/mol. The summed E-state index contributed by atoms with van der Waals surface area (Å²) in [6.45, 7) is 3.58. The number of halogens is 1. The van der Waals surface area contributed by atoms with Crippen molar-refractivity contribution in [1.29, 1.82) is 0 Å². The average molecular weight is 424 g/mol. The van der Waals surface area contributed by atoms with E-state index in [2.05, 4.69) is 10.2 Å². The maximum atomic E-state index is 12.6. The van der Waals surface area contributed by atoms with Crippen LogP contribution in [0.3, 0.4) is 0 Å². The Morgan fingerprint density at radius 2 is 1.86 bits per heavy atom. The Hall–Kier alpha value is -1.97. The Morgan fingerprint density at radius 1 is 1.21 bits per heavy atom. The number of hydrogen-bond donors (Lipinski definition) is 2. The van der Waals surface area contributed by atoms with Gasteiger partial charge in [0.15, 0.2) is 0 Å². The van der Waals surface area contributed by atoms with Gasteiger partial charge in [0, 0.05) is 23.8 Å². The van der Waals surface area contributed by atoms with E-state index in [1.807, 2.05) is 31.2 Å². The van der Waals surface area contributed by atoms with Crippen LogP contribution in [0.25, 0.3) is 0 Å². The lowest BCUT2D eigenvalue weighted by Crippen LogP contribution is -2.48. The summed E-state index contributed by atoms with van der Waals surface area (Å²) in [5.74, 6) is -0.180. The first-order chi connectivity index (χ1) is 13.2. The normalized spacial score (nSPS) is 19.2. The zero-order valence-electron chi connectivity index (χ0n) is 15.3. The highest BCUT2D eigenvalue weighted by atomic mass is 35.5. The molecule has 2 aromatic rings. The molecule has 1 aliphatic rings. The molecule has 3 N–H and O–H groups in total. The number of carbonyl (C=O) groups is 1. The van der Waals surface area contributed by atoms with Crippen LogP contribution in [0.1, 0.15) is 18.6 Å². The van der Waals surface area contributed by atoms with Gasteiger partial charge in [0.05, 0.1) is 23.6 Å². The van der Waals surface area contributed by atoms with E-state index in [0.717, 1.165) is 5.56 Å². The standard InChI is InChI=1S/C19H22ClN3O4S/c1-13(19(24)22-16-6-8-17(9-7-16)28(21,25)26)23-10-11-27-18(12-23)14-2-4-15(20)5-3-14/h2-9,13,18H,10-12H2,1H3,(H,22,24)(H2,21,25,26)/t13-,18+/m0/s1. The largest absolute Gasteiger partial charge is 0.371 e. The molecule has 150 valence electrons. The first kappa shape index (κ1) is 20.8. The Morgan fingerprint density at radius 3 is 2.46 bits per heavy atom. The lowest BCUT2D eigenvalue weighted by molar-refractivity contribution is -0.124. The number of nitrogens with zero attached hydrogens (tertiary/aromatic N) is 1. The molecule has 0 aliphatic carbocycles. The van der Waals surface area contributed by atoms with Gasteiger partial charge < -0.3 is 10.1 Å². The minimum Gasteiger partial charge on any atom is -0.371 e. The van der Waals surface area contributed by atoms with Crippen LogP contribution >= 0.6 is 11.6 Å². The molecule has 1 fully saturated rings. The number of sulfonamides is 1. The monoisotopic (exact) mass is 423 g/mol. The second-order valence-corrected chi connectivity index (χ2v) is 8.64. The van der Waals surface area contributed by atoms with Crippen molar-refractivity contribution in [2.45, 2.75) is 24.0 Å². The third kappa shape index (κ3) is 5.09. The molecule has 0 bridgehead atoms. The highest BCUT2D eigenvalue weighted by Gasteiger charge is 2.28. The maximum Gasteiger partial charge on any atom is 0.241 e. The van der Waals surface area contributed by atoms with Crippen LogP contribution in [0.2, 0.25) is 5.02 Å². The van der Waals surface area contributed by atoms with Crippen LogP contribution in [0.15, 0.2) is 53.4 Å². The second-order valence-electron chi connectivity index (χ2n) is 6.64. The zero-order chi connectivity index (χ0) is 20.3. The van der Waals surface area contributed by atoms with Crippen molar-refractivity contribution < 1.29 is 17.9 Å². The van der Waals surface area contributed by atoms with E-state index in [1.165, 1.54) is 24.3 Å². The fourth-order valence-electron chi connectivity index (χ4n) is 3.04. The maximum absolute atomic E-state index is 12.6. The van der Waals surface area contributed by atoms with E-state index in [1.54, 1.807) is 0 Å². The van der Waals surface area contributed by atoms with Gasteiger partial charge in [-0.2, -0.15) is 0 Å². The lowest BCUT2D eigenvalue weighted by Gasteiger charge is -2.36. The van der Waals surface area contributed by atoms with Gasteiger partial charge in [-0.25, -0.2) is 13.6 Å². The summed E-state index contributed by atoms with van der Waals surface area (Å²) in [5, 5.41) is 8.55. The van der Waals surface area contributed by atoms with Gasteiger partial charge in [-0.15, -0.1) is 0 Å². The number of benzene rings is 2. The number of hydrogen-bond acceptors (Lipinski definition) is 5. The van der Waals surface area contributed by atoms with Crippen LogP contribution in [-0.2, 0) is 19.6 Å². The molecule has 28 heavy (non-hydrogen) atoms. The van der Waals surface area contributed by atoms with Crippen molar-refractivity contribution in [2.75, 3.05) is 25.0 Å². The third-order valence-corrected chi connectivity index (χ3v) is 5.90. The summed E-state index contributed by atoms with van der Waals surface area (Å²) >= 11 is 5.94. The van der Waals surface area contributed by atoms with Crippen LogP contribution in [-0.4, -0.2) is 45.0 Å². The van der Waals surface area contributed by atoms with Gasteiger partial charge in [-0.1, -0.05) is 23.7 Å². The van der Waals surface area contributed by atoms with Gasteiger partial charge in [-0.3, -0.25) is 9.69 Å². The molecular weight excluding hydrogens is 402 g/mol. The Bertz CT molecular complexity index is 933. The van der Waals surface area contributed by atoms with Crippen molar-refractivity contribution in [3.63, 3.8) is 0 Å². The first-order valence-corrected chi connectivity index (χ1v) is 10.7. The quantitative estimate of drug-likeness (QED) is 0.768. The molecule has 0 spiro atoms. The van der Waals surface area contributed by atoms with E-state index in [-0.39, 0.29) is 22.9 Å². The topological polar surface area (TPSA) is 102 Å². The molecule has 1 amide bonds. The number of ether oxygens (including phenoxy) is 1. The SMILES string of the molecule is C[C@@H](C(=O)Nc1ccc(S(N)(=O)=O)cc1)N1CCO[C@@H](c2ccc(Cl)cc2)C1. The minimum absolute atomic E-state index is 0.00228. The fraction of sp³-hybridized carbons (Fsp3) is 0.316. The molecule has 7 nitrogen and oxygen atoms in total. The molecule has 9 heteroatoms. The Balaban J connectivity index is 1.63. The highest BCUT2D eigenvalue weighted by Crippen LogP contribution is 2.25. The molecule has 0 unspecified atom stereocenters. The molecule has 2 atom stereocenters. The molecule has 0 aromatic heterocycles. The summed E-state index contributed by atoms with van der Waals surface area (Å²) in [5.41, 5.74) is 1.52. The van der Waals surface area contributed by atoms with Crippen LogP contribution < -0.4 is 10.5 Å². The van der Waals surface area contributed by atoms with E-state index < -0.39 is 10.0 Å². The zero-order valence-corrected chi connectivity index (χ0v) is 16.9. The highest BCUT2D eigenvalue weighted by molar-refractivity contribution is 7.89. The molecule has 0 radical (unpaired) electrons. The molecule has 0 saturated carbocycles. The van der Waals surface area contributed by atoms with Crippen molar-refractivity contribution in [1.82, 2.24) is 4.90 Å². The fourth-order valence-corrected chi connectivity index (χ4v) is 3.68. The van der Waals surface area contributed by atoms with Gasteiger partial charge >= 0.3 is 0 Å². The van der Waals surface area contributed by atoms with E-state index in [9.17, 15) is 13.2 Å². The Kier molecular flexibility index (Phi) is 6.36. The van der Waals surface area contributed by atoms with Crippen molar-refractivity contribution in [3.05, 3.63) is 59.1 Å². The summed E-state index contributed by atoms with van der Waals surface area (Å²) in [4.78, 5) is 14.7. The summed E-state index contributed by atoms with van der Waals surface area (Å²) in [6, 6.07) is 12.9. The number of rotatable bonds is 5. The Labute approximate surface area is 169 Å². The van der Waals surface area contributed by atoms with E-state index >= 15 is 0 Å². The lowest BCUT2D eigenvalue weighted by atomic mass is 10.1.